The molecule has 1 saturated heterocycles. The van der Waals surface area contributed by atoms with E-state index in [1.54, 1.807) is 0 Å². The van der Waals surface area contributed by atoms with Crippen LogP contribution in [0.3, 0.4) is 0 Å². The number of fused-ring (bicyclic) bond motifs is 1. The van der Waals surface area contributed by atoms with E-state index in [0.29, 0.717) is 30.7 Å². The second kappa shape index (κ2) is 8.58. The Morgan fingerprint density at radius 1 is 1.28 bits per heavy atom. The van der Waals surface area contributed by atoms with E-state index < -0.39 is 17.5 Å². The molecule has 0 unspecified atom stereocenters. The number of aliphatic hydroxyl groups excluding tert-OH is 1. The van der Waals surface area contributed by atoms with Gasteiger partial charge in [-0.2, -0.15) is 0 Å². The summed E-state index contributed by atoms with van der Waals surface area (Å²) in [6.45, 7) is 2.06. The van der Waals surface area contributed by atoms with Crippen LogP contribution in [-0.2, 0) is 11.2 Å². The molecular weight excluding hydrogens is 375 g/mol. The molecule has 0 aromatic heterocycles. The summed E-state index contributed by atoms with van der Waals surface area (Å²) in [6.07, 6.45) is 6.67. The summed E-state index contributed by atoms with van der Waals surface area (Å²) in [7, 11) is 0. The molecule has 1 aromatic rings. The first-order chi connectivity index (χ1) is 13.9. The third-order valence-corrected chi connectivity index (χ3v) is 6.80. The predicted molar refractivity (Wildman–Crippen MR) is 107 cm³/mol. The minimum Gasteiger partial charge on any atom is -0.490 e. The largest absolute Gasteiger partial charge is 0.490 e. The molecule has 1 aromatic carbocycles. The maximum atomic E-state index is 14.0. The number of rotatable bonds is 6. The molecule has 1 aliphatic carbocycles. The molecule has 160 valence electrons. The molecule has 0 spiro atoms. The molecule has 2 fully saturated rings. The average Bonchev–Trinajstić information content (AvgIpc) is 3.23. The van der Waals surface area contributed by atoms with Crippen LogP contribution >= 0.6 is 0 Å². The maximum absolute atomic E-state index is 14.0. The van der Waals surface area contributed by atoms with Gasteiger partial charge in [0.15, 0.2) is 0 Å². The summed E-state index contributed by atoms with van der Waals surface area (Å²) in [5.41, 5.74) is -0.562. The van der Waals surface area contributed by atoms with Crippen LogP contribution in [0.5, 0.6) is 5.75 Å². The van der Waals surface area contributed by atoms with E-state index in [1.165, 1.54) is 37.8 Å². The van der Waals surface area contributed by atoms with Gasteiger partial charge in [0.05, 0.1) is 11.8 Å². The average molecular weight is 406 g/mol. The summed E-state index contributed by atoms with van der Waals surface area (Å²) in [5.74, 6) is 0.550. The van der Waals surface area contributed by atoms with Crippen molar-refractivity contribution < 1.29 is 24.1 Å². The SMILES string of the molecule is O=C1CCc2c(OC[C@]3(O)CCN(CCC4CCCC4)C[C@H]3O)ccc(F)c2N1. The number of nitrogens with zero attached hydrogens (tertiary/aromatic N) is 1. The molecular formula is C22H31FN2O4. The minimum atomic E-state index is -1.33. The number of likely N-dealkylation sites (tertiary alicyclic amines) is 1. The summed E-state index contributed by atoms with van der Waals surface area (Å²) in [6, 6.07) is 2.78. The maximum Gasteiger partial charge on any atom is 0.224 e. The van der Waals surface area contributed by atoms with E-state index >= 15 is 0 Å². The van der Waals surface area contributed by atoms with Gasteiger partial charge in [0.2, 0.25) is 5.91 Å². The van der Waals surface area contributed by atoms with E-state index in [4.69, 9.17) is 4.74 Å². The Morgan fingerprint density at radius 3 is 2.83 bits per heavy atom. The molecule has 0 radical (unpaired) electrons. The Bertz CT molecular complexity index is 753. The lowest BCUT2D eigenvalue weighted by molar-refractivity contribution is -0.137. The van der Waals surface area contributed by atoms with Crippen LogP contribution in [0.15, 0.2) is 12.1 Å². The fourth-order valence-corrected chi connectivity index (χ4v) is 4.82. The van der Waals surface area contributed by atoms with Gasteiger partial charge < -0.3 is 25.2 Å². The van der Waals surface area contributed by atoms with E-state index in [-0.39, 0.29) is 24.6 Å². The highest BCUT2D eigenvalue weighted by Crippen LogP contribution is 2.35. The van der Waals surface area contributed by atoms with Crippen LogP contribution in [0.2, 0.25) is 0 Å². The van der Waals surface area contributed by atoms with Gasteiger partial charge in [-0.25, -0.2) is 4.39 Å². The zero-order valence-electron chi connectivity index (χ0n) is 16.8. The van der Waals surface area contributed by atoms with E-state index in [9.17, 15) is 19.4 Å². The van der Waals surface area contributed by atoms with Crippen molar-refractivity contribution in [3.05, 3.63) is 23.5 Å². The quantitative estimate of drug-likeness (QED) is 0.676. The Labute approximate surface area is 171 Å². The zero-order valence-corrected chi connectivity index (χ0v) is 16.8. The fourth-order valence-electron chi connectivity index (χ4n) is 4.82. The molecule has 29 heavy (non-hydrogen) atoms. The number of aliphatic hydroxyl groups is 2. The number of anilines is 1. The van der Waals surface area contributed by atoms with Gasteiger partial charge in [-0.3, -0.25) is 4.79 Å². The van der Waals surface area contributed by atoms with Crippen LogP contribution in [0.1, 0.15) is 50.5 Å². The van der Waals surface area contributed by atoms with Crippen LogP contribution < -0.4 is 10.1 Å². The molecule has 3 aliphatic rings. The highest BCUT2D eigenvalue weighted by Gasteiger charge is 2.41. The molecule has 4 rings (SSSR count). The summed E-state index contributed by atoms with van der Waals surface area (Å²) < 4.78 is 19.9. The molecule has 2 heterocycles. The number of ether oxygens (including phenoxy) is 1. The van der Waals surface area contributed by atoms with Crippen molar-refractivity contribution in [1.82, 2.24) is 4.90 Å². The Morgan fingerprint density at radius 2 is 2.07 bits per heavy atom. The lowest BCUT2D eigenvalue weighted by Gasteiger charge is -2.42. The highest BCUT2D eigenvalue weighted by atomic mass is 19.1. The zero-order chi connectivity index (χ0) is 20.4. The normalized spacial score (nSPS) is 28.2. The van der Waals surface area contributed by atoms with Crippen molar-refractivity contribution in [2.45, 2.75) is 63.1 Å². The Balaban J connectivity index is 1.34. The molecule has 0 bridgehead atoms. The molecule has 3 N–H and O–H groups in total. The molecule has 1 saturated carbocycles. The summed E-state index contributed by atoms with van der Waals surface area (Å²) in [5, 5.41) is 24.1. The number of β-amino-alcohol motifs (C(OH)–C–C–N with tert-alkyl or cyclic N) is 1. The Hall–Kier alpha value is -1.70. The second-order valence-electron chi connectivity index (χ2n) is 8.85. The topological polar surface area (TPSA) is 82.0 Å². The van der Waals surface area contributed by atoms with Crippen molar-refractivity contribution in [3.63, 3.8) is 0 Å². The van der Waals surface area contributed by atoms with Gasteiger partial charge in [-0.05, 0) is 43.9 Å². The van der Waals surface area contributed by atoms with Crippen molar-refractivity contribution in [2.75, 3.05) is 31.6 Å². The van der Waals surface area contributed by atoms with Crippen molar-refractivity contribution in [3.8, 4) is 5.75 Å². The van der Waals surface area contributed by atoms with E-state index in [2.05, 4.69) is 10.2 Å². The molecule has 2 aliphatic heterocycles. The predicted octanol–water partition coefficient (Wildman–Crippen LogP) is 2.47. The number of piperidine rings is 1. The number of amides is 1. The minimum absolute atomic E-state index is 0.0589. The molecule has 1 amide bonds. The third kappa shape index (κ3) is 4.57. The summed E-state index contributed by atoms with van der Waals surface area (Å²) in [4.78, 5) is 13.8. The second-order valence-corrected chi connectivity index (χ2v) is 8.85. The number of carbonyl (C=O) groups excluding carboxylic acids is 1. The highest BCUT2D eigenvalue weighted by molar-refractivity contribution is 5.94. The first kappa shape index (κ1) is 20.6. The molecule has 2 atom stereocenters. The number of hydrogen-bond donors (Lipinski definition) is 3. The smallest absolute Gasteiger partial charge is 0.224 e. The van der Waals surface area contributed by atoms with Gasteiger partial charge in [0, 0.05) is 25.1 Å². The van der Waals surface area contributed by atoms with Gasteiger partial charge in [0.25, 0.3) is 0 Å². The van der Waals surface area contributed by atoms with Gasteiger partial charge in [-0.1, -0.05) is 25.7 Å². The fraction of sp³-hybridized carbons (Fsp3) is 0.682. The van der Waals surface area contributed by atoms with Crippen LogP contribution in [-0.4, -0.2) is 59.0 Å². The lowest BCUT2D eigenvalue weighted by atomic mass is 9.89. The number of carbonyl (C=O) groups is 1. The van der Waals surface area contributed by atoms with Crippen LogP contribution in [0, 0.1) is 11.7 Å². The van der Waals surface area contributed by atoms with Gasteiger partial charge in [0.1, 0.15) is 23.8 Å². The van der Waals surface area contributed by atoms with Gasteiger partial charge >= 0.3 is 0 Å². The number of nitrogens with one attached hydrogen (secondary N) is 1. The van der Waals surface area contributed by atoms with Crippen molar-refractivity contribution in [2.24, 2.45) is 5.92 Å². The number of hydrogen-bond acceptors (Lipinski definition) is 5. The van der Waals surface area contributed by atoms with Gasteiger partial charge in [-0.15, -0.1) is 0 Å². The Kier molecular flexibility index (Phi) is 6.08. The van der Waals surface area contributed by atoms with Crippen LogP contribution in [0.25, 0.3) is 0 Å². The third-order valence-electron chi connectivity index (χ3n) is 6.80. The van der Waals surface area contributed by atoms with E-state index in [1.807, 2.05) is 0 Å². The number of benzene rings is 1. The monoisotopic (exact) mass is 406 g/mol. The van der Waals surface area contributed by atoms with Crippen LogP contribution in [0.4, 0.5) is 10.1 Å². The van der Waals surface area contributed by atoms with Crippen molar-refractivity contribution in [1.29, 1.82) is 0 Å². The summed E-state index contributed by atoms with van der Waals surface area (Å²) >= 11 is 0. The molecule has 6 nitrogen and oxygen atoms in total. The number of halogens is 1. The lowest BCUT2D eigenvalue weighted by Crippen LogP contribution is -2.58. The van der Waals surface area contributed by atoms with Crippen molar-refractivity contribution >= 4 is 11.6 Å². The van der Waals surface area contributed by atoms with E-state index in [0.717, 1.165) is 25.4 Å². The standard InChI is InChI=1S/C22H31FN2O4/c23-17-6-7-18(16-5-8-20(27)24-21(16)17)29-14-22(28)10-12-25(13-19(22)26)11-9-15-3-1-2-4-15/h6-7,15,19,26,28H,1-5,8-14H2,(H,24,27)/t19-,22-/m1/s1. The molecule has 7 heteroatoms. The first-order valence-corrected chi connectivity index (χ1v) is 10.8. The first-order valence-electron chi connectivity index (χ1n) is 10.8.